The molecule has 3 aromatic rings. The smallest absolute Gasteiger partial charge is 0.232 e. The lowest BCUT2D eigenvalue weighted by atomic mass is 9.96. The van der Waals surface area contributed by atoms with Crippen molar-refractivity contribution in [3.63, 3.8) is 0 Å². The molecule has 4 rings (SSSR count). The fraction of sp³-hybridized carbons (Fsp3) is 0.345. The van der Waals surface area contributed by atoms with Crippen LogP contribution in [0.5, 0.6) is 5.75 Å². The van der Waals surface area contributed by atoms with Crippen molar-refractivity contribution >= 4 is 21.6 Å². The number of nitrogens with zero attached hydrogens (tertiary/aromatic N) is 3. The molecule has 1 amide bonds. The number of carbonyl (C=O) groups excluding carboxylic acids is 1. The lowest BCUT2D eigenvalue weighted by Gasteiger charge is -2.40. The van der Waals surface area contributed by atoms with Gasteiger partial charge in [0.25, 0.3) is 0 Å². The van der Waals surface area contributed by atoms with Gasteiger partial charge in [-0.1, -0.05) is 66.7 Å². The first-order valence-corrected chi connectivity index (χ1v) is 14.4. The third kappa shape index (κ3) is 6.90. The van der Waals surface area contributed by atoms with E-state index in [0.717, 1.165) is 13.1 Å². The summed E-state index contributed by atoms with van der Waals surface area (Å²) in [6.45, 7) is 3.10. The maximum Gasteiger partial charge on any atom is 0.232 e. The van der Waals surface area contributed by atoms with Crippen LogP contribution in [0, 0.1) is 0 Å². The van der Waals surface area contributed by atoms with Gasteiger partial charge in [0.1, 0.15) is 5.75 Å². The molecule has 7 nitrogen and oxygen atoms in total. The molecule has 8 heteroatoms. The maximum atomic E-state index is 13.0. The first-order valence-electron chi connectivity index (χ1n) is 12.6. The van der Waals surface area contributed by atoms with E-state index in [1.54, 1.807) is 31.4 Å². The van der Waals surface area contributed by atoms with Crippen molar-refractivity contribution in [1.82, 2.24) is 9.80 Å². The maximum absolute atomic E-state index is 13.0. The Balaban J connectivity index is 1.35. The molecule has 0 aromatic heterocycles. The molecule has 0 aliphatic carbocycles. The highest BCUT2D eigenvalue weighted by molar-refractivity contribution is 7.92. The lowest BCUT2D eigenvalue weighted by Crippen LogP contribution is -2.50. The van der Waals surface area contributed by atoms with Crippen LogP contribution in [-0.4, -0.2) is 70.2 Å². The van der Waals surface area contributed by atoms with Gasteiger partial charge in [-0.05, 0) is 29.7 Å². The molecule has 0 atom stereocenters. The summed E-state index contributed by atoms with van der Waals surface area (Å²) < 4.78 is 31.4. The topological polar surface area (TPSA) is 70.2 Å². The van der Waals surface area contributed by atoms with Crippen molar-refractivity contribution in [2.24, 2.45) is 0 Å². The highest BCUT2D eigenvalue weighted by Gasteiger charge is 2.28. The van der Waals surface area contributed by atoms with Crippen LogP contribution in [0.15, 0.2) is 84.9 Å². The summed E-state index contributed by atoms with van der Waals surface area (Å²) in [5, 5.41) is 0. The zero-order valence-corrected chi connectivity index (χ0v) is 22.3. The molecule has 0 unspecified atom stereocenters. The normalized spacial score (nSPS) is 14.5. The molecule has 0 radical (unpaired) electrons. The number of anilines is 1. The van der Waals surface area contributed by atoms with Crippen LogP contribution in [-0.2, 0) is 14.8 Å². The summed E-state index contributed by atoms with van der Waals surface area (Å²) in [6.07, 6.45) is 1.93. The van der Waals surface area contributed by atoms with E-state index in [9.17, 15) is 13.2 Å². The summed E-state index contributed by atoms with van der Waals surface area (Å²) in [4.78, 5) is 17.3. The average molecular weight is 522 g/mol. The van der Waals surface area contributed by atoms with E-state index in [4.69, 9.17) is 4.74 Å². The predicted octanol–water partition coefficient (Wildman–Crippen LogP) is 4.18. The van der Waals surface area contributed by atoms with E-state index >= 15 is 0 Å². The third-order valence-corrected chi connectivity index (χ3v) is 7.95. The van der Waals surface area contributed by atoms with Crippen LogP contribution in [0.1, 0.15) is 30.0 Å². The Hall–Kier alpha value is -3.36. The average Bonchev–Trinajstić information content (AvgIpc) is 2.92. The number of methoxy groups -OCH3 is 1. The van der Waals surface area contributed by atoms with Crippen LogP contribution in [0.2, 0.25) is 0 Å². The highest BCUT2D eigenvalue weighted by Crippen LogP contribution is 2.29. The number of rotatable bonds is 10. The molecule has 0 bridgehead atoms. The van der Waals surface area contributed by atoms with Gasteiger partial charge in [-0.3, -0.25) is 14.0 Å². The van der Waals surface area contributed by atoms with Gasteiger partial charge >= 0.3 is 0 Å². The molecule has 1 saturated heterocycles. The van der Waals surface area contributed by atoms with Crippen molar-refractivity contribution in [3.05, 3.63) is 96.1 Å². The lowest BCUT2D eigenvalue weighted by molar-refractivity contribution is -0.133. The Labute approximate surface area is 220 Å². The third-order valence-electron chi connectivity index (χ3n) is 6.76. The summed E-state index contributed by atoms with van der Waals surface area (Å²) in [6, 6.07) is 28.1. The summed E-state index contributed by atoms with van der Waals surface area (Å²) in [5.74, 6) is 0.652. The van der Waals surface area contributed by atoms with Gasteiger partial charge in [0.05, 0.1) is 25.1 Å². The molecule has 37 heavy (non-hydrogen) atoms. The molecule has 1 heterocycles. The quantitative estimate of drug-likeness (QED) is 0.401. The van der Waals surface area contributed by atoms with Gasteiger partial charge in [-0.2, -0.15) is 0 Å². The number of carbonyl (C=O) groups is 1. The van der Waals surface area contributed by atoms with E-state index in [1.165, 1.54) is 21.7 Å². The fourth-order valence-corrected chi connectivity index (χ4v) is 5.86. The number of piperazine rings is 1. The summed E-state index contributed by atoms with van der Waals surface area (Å²) in [7, 11) is -1.94. The number of sulfonamides is 1. The van der Waals surface area contributed by atoms with Crippen LogP contribution in [0.3, 0.4) is 0 Å². The van der Waals surface area contributed by atoms with Crippen molar-refractivity contribution in [1.29, 1.82) is 0 Å². The number of ether oxygens (including phenoxy) is 1. The SMILES string of the molecule is COc1cccc(N(CCCC(=O)N2CCN(C(c3ccccc3)c3ccccc3)CC2)S(C)(=O)=O)c1. The standard InChI is InChI=1S/C29H35N3O4S/c1-36-27-16-9-15-26(23-27)32(37(2,34)35)18-10-17-28(33)30-19-21-31(22-20-30)29(24-11-5-3-6-12-24)25-13-7-4-8-14-25/h3-9,11-16,23,29H,10,17-22H2,1-2H3. The molecular weight excluding hydrogens is 486 g/mol. The Kier molecular flexibility index (Phi) is 8.84. The van der Waals surface area contributed by atoms with Crippen LogP contribution in [0.4, 0.5) is 5.69 Å². The molecule has 3 aromatic carbocycles. The van der Waals surface area contributed by atoms with E-state index < -0.39 is 10.0 Å². The Morgan fingerprint density at radius 2 is 1.49 bits per heavy atom. The van der Waals surface area contributed by atoms with Crippen molar-refractivity contribution in [2.45, 2.75) is 18.9 Å². The summed E-state index contributed by atoms with van der Waals surface area (Å²) >= 11 is 0. The fourth-order valence-electron chi connectivity index (χ4n) is 4.90. The van der Waals surface area contributed by atoms with Gasteiger partial charge in [-0.15, -0.1) is 0 Å². The van der Waals surface area contributed by atoms with Crippen molar-refractivity contribution < 1.29 is 17.9 Å². The van der Waals surface area contributed by atoms with E-state index in [-0.39, 0.29) is 18.5 Å². The minimum Gasteiger partial charge on any atom is -0.497 e. The Morgan fingerprint density at radius 1 is 0.892 bits per heavy atom. The van der Waals surface area contributed by atoms with Crippen LogP contribution in [0.25, 0.3) is 0 Å². The van der Waals surface area contributed by atoms with E-state index in [1.807, 2.05) is 17.0 Å². The largest absolute Gasteiger partial charge is 0.497 e. The van der Waals surface area contributed by atoms with Crippen LogP contribution < -0.4 is 9.04 Å². The van der Waals surface area contributed by atoms with Crippen LogP contribution >= 0.6 is 0 Å². The summed E-state index contributed by atoms with van der Waals surface area (Å²) in [5.41, 5.74) is 3.02. The molecule has 196 valence electrons. The monoisotopic (exact) mass is 521 g/mol. The van der Waals surface area contributed by atoms with Gasteiger partial charge in [0, 0.05) is 45.2 Å². The molecular formula is C29H35N3O4S. The van der Waals surface area contributed by atoms with Gasteiger partial charge in [0.15, 0.2) is 0 Å². The second-order valence-electron chi connectivity index (χ2n) is 9.28. The number of benzene rings is 3. The minimum atomic E-state index is -3.49. The Morgan fingerprint density at radius 3 is 2.03 bits per heavy atom. The van der Waals surface area contributed by atoms with Gasteiger partial charge in [-0.25, -0.2) is 8.42 Å². The van der Waals surface area contributed by atoms with E-state index in [0.29, 0.717) is 37.4 Å². The molecule has 1 aliphatic heterocycles. The number of amides is 1. The first-order chi connectivity index (χ1) is 17.9. The number of hydrogen-bond acceptors (Lipinski definition) is 5. The zero-order chi connectivity index (χ0) is 26.3. The Bertz CT molecular complexity index is 1220. The minimum absolute atomic E-state index is 0.0646. The second-order valence-corrected chi connectivity index (χ2v) is 11.2. The predicted molar refractivity (Wildman–Crippen MR) is 147 cm³/mol. The second kappa shape index (κ2) is 12.3. The van der Waals surface area contributed by atoms with Crippen molar-refractivity contribution in [3.8, 4) is 5.75 Å². The first kappa shape index (κ1) is 26.7. The van der Waals surface area contributed by atoms with Gasteiger partial charge < -0.3 is 9.64 Å². The molecule has 0 saturated carbocycles. The number of hydrogen-bond donors (Lipinski definition) is 0. The zero-order valence-electron chi connectivity index (χ0n) is 21.5. The van der Waals surface area contributed by atoms with Crippen molar-refractivity contribution in [2.75, 3.05) is 50.4 Å². The molecule has 1 aliphatic rings. The molecule has 1 fully saturated rings. The molecule has 0 N–H and O–H groups in total. The highest BCUT2D eigenvalue weighted by atomic mass is 32.2. The molecule has 0 spiro atoms. The van der Waals surface area contributed by atoms with E-state index in [2.05, 4.69) is 53.4 Å². The van der Waals surface area contributed by atoms with Gasteiger partial charge in [0.2, 0.25) is 15.9 Å².